The Morgan fingerprint density at radius 1 is 1.08 bits per heavy atom. The van der Waals surface area contributed by atoms with Crippen molar-refractivity contribution < 1.29 is 9.59 Å². The van der Waals surface area contributed by atoms with Crippen LogP contribution in [0, 0.1) is 0 Å². The van der Waals surface area contributed by atoms with Gasteiger partial charge in [-0.25, -0.2) is 0 Å². The zero-order valence-corrected chi connectivity index (χ0v) is 8.25. The maximum absolute atomic E-state index is 11.4. The first-order chi connectivity index (χ1) is 6.20. The van der Waals surface area contributed by atoms with Crippen LogP contribution in [0.2, 0.25) is 0 Å². The van der Waals surface area contributed by atoms with E-state index < -0.39 is 0 Å². The SMILES string of the molecule is CCCN1CCN(CC)C(=O)C1=O. The zero-order valence-electron chi connectivity index (χ0n) is 8.25. The zero-order chi connectivity index (χ0) is 9.84. The van der Waals surface area contributed by atoms with Gasteiger partial charge in [0.1, 0.15) is 0 Å². The first kappa shape index (κ1) is 10.0. The van der Waals surface area contributed by atoms with Crippen LogP contribution in [0.25, 0.3) is 0 Å². The molecule has 1 aliphatic rings. The van der Waals surface area contributed by atoms with Crippen LogP contribution in [0.5, 0.6) is 0 Å². The summed E-state index contributed by atoms with van der Waals surface area (Å²) in [5, 5.41) is 0. The molecule has 0 N–H and O–H groups in total. The van der Waals surface area contributed by atoms with Crippen LogP contribution in [0.3, 0.4) is 0 Å². The lowest BCUT2D eigenvalue weighted by molar-refractivity contribution is -0.155. The van der Waals surface area contributed by atoms with E-state index >= 15 is 0 Å². The van der Waals surface area contributed by atoms with Crippen molar-refractivity contribution in [2.45, 2.75) is 20.3 Å². The number of piperazine rings is 1. The Morgan fingerprint density at radius 2 is 1.62 bits per heavy atom. The van der Waals surface area contributed by atoms with Crippen molar-refractivity contribution >= 4 is 11.8 Å². The number of carbonyl (C=O) groups excluding carboxylic acids is 2. The van der Waals surface area contributed by atoms with Gasteiger partial charge in [0.15, 0.2) is 0 Å². The summed E-state index contributed by atoms with van der Waals surface area (Å²) in [6.45, 7) is 6.59. The lowest BCUT2D eigenvalue weighted by Crippen LogP contribution is -2.54. The third kappa shape index (κ3) is 1.99. The number of likely N-dealkylation sites (N-methyl/N-ethyl adjacent to an activating group) is 1. The highest BCUT2D eigenvalue weighted by atomic mass is 16.2. The second-order valence-corrected chi connectivity index (χ2v) is 3.18. The van der Waals surface area contributed by atoms with E-state index in [-0.39, 0.29) is 11.8 Å². The van der Waals surface area contributed by atoms with E-state index in [0.717, 1.165) is 6.42 Å². The highest BCUT2D eigenvalue weighted by Gasteiger charge is 2.30. The topological polar surface area (TPSA) is 40.6 Å². The third-order valence-electron chi connectivity index (χ3n) is 2.27. The molecule has 0 unspecified atom stereocenters. The van der Waals surface area contributed by atoms with Crippen molar-refractivity contribution in [2.24, 2.45) is 0 Å². The fourth-order valence-electron chi connectivity index (χ4n) is 1.50. The van der Waals surface area contributed by atoms with Gasteiger partial charge in [-0.3, -0.25) is 9.59 Å². The summed E-state index contributed by atoms with van der Waals surface area (Å²) in [6, 6.07) is 0. The molecular weight excluding hydrogens is 168 g/mol. The van der Waals surface area contributed by atoms with Crippen LogP contribution in [0.4, 0.5) is 0 Å². The second-order valence-electron chi connectivity index (χ2n) is 3.18. The first-order valence-corrected chi connectivity index (χ1v) is 4.78. The van der Waals surface area contributed by atoms with Crippen LogP contribution in [0.15, 0.2) is 0 Å². The predicted octanol–water partition coefficient (Wildman–Crippen LogP) is 0.0871. The molecular formula is C9H16N2O2. The van der Waals surface area contributed by atoms with Crippen molar-refractivity contribution in [2.75, 3.05) is 26.2 Å². The molecule has 2 amide bonds. The largest absolute Gasteiger partial charge is 0.333 e. The Bertz CT molecular complexity index is 216. The summed E-state index contributed by atoms with van der Waals surface area (Å²) in [4.78, 5) is 26.0. The lowest BCUT2D eigenvalue weighted by Gasteiger charge is -2.32. The molecule has 74 valence electrons. The second kappa shape index (κ2) is 4.25. The molecule has 0 aromatic heterocycles. The van der Waals surface area contributed by atoms with Gasteiger partial charge < -0.3 is 9.80 Å². The van der Waals surface area contributed by atoms with E-state index in [1.165, 1.54) is 0 Å². The molecule has 0 saturated carbocycles. The van der Waals surface area contributed by atoms with Gasteiger partial charge >= 0.3 is 11.8 Å². The Morgan fingerprint density at radius 3 is 2.15 bits per heavy atom. The summed E-state index contributed by atoms with van der Waals surface area (Å²) in [7, 11) is 0. The fraction of sp³-hybridized carbons (Fsp3) is 0.778. The third-order valence-corrected chi connectivity index (χ3v) is 2.27. The minimum Gasteiger partial charge on any atom is -0.333 e. The van der Waals surface area contributed by atoms with Crippen molar-refractivity contribution in [3.05, 3.63) is 0 Å². The standard InChI is InChI=1S/C9H16N2O2/c1-3-5-11-7-6-10(4-2)8(12)9(11)13/h3-7H2,1-2H3. The number of carbonyl (C=O) groups is 2. The van der Waals surface area contributed by atoms with Crippen molar-refractivity contribution in [3.8, 4) is 0 Å². The average molecular weight is 184 g/mol. The molecule has 0 bridgehead atoms. The number of hydrogen-bond donors (Lipinski definition) is 0. The maximum Gasteiger partial charge on any atom is 0.312 e. The monoisotopic (exact) mass is 184 g/mol. The van der Waals surface area contributed by atoms with Crippen molar-refractivity contribution in [1.82, 2.24) is 9.80 Å². The minimum atomic E-state index is -0.345. The molecule has 1 heterocycles. The molecule has 1 rings (SSSR count). The van der Waals surface area contributed by atoms with Crippen LogP contribution in [-0.2, 0) is 9.59 Å². The van der Waals surface area contributed by atoms with E-state index in [1.54, 1.807) is 9.80 Å². The Hall–Kier alpha value is -1.06. The Labute approximate surface area is 78.5 Å². The summed E-state index contributed by atoms with van der Waals surface area (Å²) < 4.78 is 0. The van der Waals surface area contributed by atoms with E-state index in [9.17, 15) is 9.59 Å². The van der Waals surface area contributed by atoms with E-state index in [2.05, 4.69) is 0 Å². The summed E-state index contributed by atoms with van der Waals surface area (Å²) in [5.74, 6) is -0.683. The van der Waals surface area contributed by atoms with Gasteiger partial charge in [-0.05, 0) is 13.3 Å². The summed E-state index contributed by atoms with van der Waals surface area (Å²) in [6.07, 6.45) is 0.908. The summed E-state index contributed by atoms with van der Waals surface area (Å²) >= 11 is 0. The van der Waals surface area contributed by atoms with Crippen LogP contribution in [-0.4, -0.2) is 47.8 Å². The minimum absolute atomic E-state index is 0.338. The maximum atomic E-state index is 11.4. The normalized spacial score (nSPS) is 18.3. The van der Waals surface area contributed by atoms with E-state index in [4.69, 9.17) is 0 Å². The number of rotatable bonds is 3. The quantitative estimate of drug-likeness (QED) is 0.583. The van der Waals surface area contributed by atoms with Gasteiger partial charge in [-0.1, -0.05) is 6.92 Å². The van der Waals surface area contributed by atoms with Gasteiger partial charge in [0.2, 0.25) is 0 Å². The molecule has 0 spiro atoms. The first-order valence-electron chi connectivity index (χ1n) is 4.78. The molecule has 4 heteroatoms. The van der Waals surface area contributed by atoms with Crippen LogP contribution < -0.4 is 0 Å². The average Bonchev–Trinajstić information content (AvgIpc) is 2.14. The molecule has 0 aliphatic carbocycles. The predicted molar refractivity (Wildman–Crippen MR) is 49.1 cm³/mol. The smallest absolute Gasteiger partial charge is 0.312 e. The van der Waals surface area contributed by atoms with Crippen LogP contribution >= 0.6 is 0 Å². The molecule has 4 nitrogen and oxygen atoms in total. The Kier molecular flexibility index (Phi) is 3.28. The molecule has 1 fully saturated rings. The van der Waals surface area contributed by atoms with Crippen LogP contribution in [0.1, 0.15) is 20.3 Å². The molecule has 13 heavy (non-hydrogen) atoms. The van der Waals surface area contributed by atoms with Crippen molar-refractivity contribution in [1.29, 1.82) is 0 Å². The Balaban J connectivity index is 2.59. The van der Waals surface area contributed by atoms with E-state index in [0.29, 0.717) is 26.2 Å². The molecule has 1 saturated heterocycles. The highest BCUT2D eigenvalue weighted by Crippen LogP contribution is 2.04. The van der Waals surface area contributed by atoms with Gasteiger partial charge in [0.25, 0.3) is 0 Å². The number of nitrogens with zero attached hydrogens (tertiary/aromatic N) is 2. The van der Waals surface area contributed by atoms with E-state index in [1.807, 2.05) is 13.8 Å². The van der Waals surface area contributed by atoms with Gasteiger partial charge in [-0.15, -0.1) is 0 Å². The molecule has 1 aliphatic heterocycles. The fourth-order valence-corrected chi connectivity index (χ4v) is 1.50. The molecule has 0 radical (unpaired) electrons. The van der Waals surface area contributed by atoms with Gasteiger partial charge in [0.05, 0.1) is 0 Å². The molecule has 0 atom stereocenters. The summed E-state index contributed by atoms with van der Waals surface area (Å²) in [5.41, 5.74) is 0. The molecule has 0 aromatic rings. The molecule has 0 aromatic carbocycles. The van der Waals surface area contributed by atoms with Crippen molar-refractivity contribution in [3.63, 3.8) is 0 Å². The highest BCUT2D eigenvalue weighted by molar-refractivity contribution is 6.35. The van der Waals surface area contributed by atoms with Gasteiger partial charge in [-0.2, -0.15) is 0 Å². The number of hydrogen-bond acceptors (Lipinski definition) is 2. The van der Waals surface area contributed by atoms with Gasteiger partial charge in [0, 0.05) is 26.2 Å². The lowest BCUT2D eigenvalue weighted by atomic mass is 10.2. The number of amides is 2.